The Bertz CT molecular complexity index is 296. The average Bonchev–Trinajstić information content (AvgIpc) is 2.66. The van der Waals surface area contributed by atoms with Crippen LogP contribution in [-0.2, 0) is 0 Å². The molecule has 0 radical (unpaired) electrons. The molecule has 86 valence electrons. The number of aromatic nitrogens is 2. The smallest absolute Gasteiger partial charge is 0.0582 e. The standard InChI is InChI=1S/C11H21N3O/c1-8(2)14-6-11(5-12-14)10(4)13-9(3)7-15/h5-6,8-10,13,15H,7H2,1-4H3/t9-,10?/m1/s1. The van der Waals surface area contributed by atoms with Crippen LogP contribution in [0, 0.1) is 0 Å². The summed E-state index contributed by atoms with van der Waals surface area (Å²) in [6.07, 6.45) is 3.92. The van der Waals surface area contributed by atoms with E-state index in [4.69, 9.17) is 5.11 Å². The van der Waals surface area contributed by atoms with Gasteiger partial charge in [-0.15, -0.1) is 0 Å². The van der Waals surface area contributed by atoms with Crippen molar-refractivity contribution >= 4 is 0 Å². The van der Waals surface area contributed by atoms with Crippen molar-refractivity contribution in [1.82, 2.24) is 15.1 Å². The minimum absolute atomic E-state index is 0.113. The van der Waals surface area contributed by atoms with Crippen LogP contribution in [0.4, 0.5) is 0 Å². The maximum Gasteiger partial charge on any atom is 0.0582 e. The zero-order chi connectivity index (χ0) is 11.4. The molecule has 0 bridgehead atoms. The Hall–Kier alpha value is -0.870. The molecule has 0 aliphatic rings. The molecule has 0 aromatic carbocycles. The van der Waals surface area contributed by atoms with Crippen molar-refractivity contribution in [2.75, 3.05) is 6.61 Å². The highest BCUT2D eigenvalue weighted by molar-refractivity contribution is 5.09. The van der Waals surface area contributed by atoms with Crippen LogP contribution in [0.25, 0.3) is 0 Å². The fraction of sp³-hybridized carbons (Fsp3) is 0.727. The fourth-order valence-corrected chi connectivity index (χ4v) is 1.43. The van der Waals surface area contributed by atoms with Crippen molar-refractivity contribution in [1.29, 1.82) is 0 Å². The lowest BCUT2D eigenvalue weighted by atomic mass is 10.1. The molecule has 1 aromatic heterocycles. The van der Waals surface area contributed by atoms with Gasteiger partial charge < -0.3 is 10.4 Å². The van der Waals surface area contributed by atoms with Crippen molar-refractivity contribution < 1.29 is 5.11 Å². The number of nitrogens with zero attached hydrogens (tertiary/aromatic N) is 2. The SMILES string of the molecule is CC(N[C@H](C)CO)c1cnn(C(C)C)c1. The topological polar surface area (TPSA) is 50.1 Å². The first kappa shape index (κ1) is 12.2. The molecule has 4 nitrogen and oxygen atoms in total. The second-order valence-corrected chi connectivity index (χ2v) is 4.32. The van der Waals surface area contributed by atoms with Crippen LogP contribution < -0.4 is 5.32 Å². The van der Waals surface area contributed by atoms with Gasteiger partial charge in [0.1, 0.15) is 0 Å². The molecular weight excluding hydrogens is 190 g/mol. The lowest BCUT2D eigenvalue weighted by Crippen LogP contribution is -2.31. The average molecular weight is 211 g/mol. The van der Waals surface area contributed by atoms with Crippen LogP contribution in [0.15, 0.2) is 12.4 Å². The van der Waals surface area contributed by atoms with Gasteiger partial charge in [0.2, 0.25) is 0 Å². The van der Waals surface area contributed by atoms with Crippen LogP contribution in [0.1, 0.15) is 45.3 Å². The van der Waals surface area contributed by atoms with E-state index in [1.807, 2.05) is 24.0 Å². The van der Waals surface area contributed by atoms with Gasteiger partial charge in [-0.25, -0.2) is 0 Å². The van der Waals surface area contributed by atoms with Gasteiger partial charge in [0.05, 0.1) is 12.8 Å². The van der Waals surface area contributed by atoms with E-state index in [1.54, 1.807) is 0 Å². The Balaban J connectivity index is 2.61. The quantitative estimate of drug-likeness (QED) is 0.776. The molecule has 1 rings (SSSR count). The zero-order valence-electron chi connectivity index (χ0n) is 9.94. The number of aliphatic hydroxyl groups is 1. The molecule has 4 heteroatoms. The van der Waals surface area contributed by atoms with E-state index >= 15 is 0 Å². The summed E-state index contributed by atoms with van der Waals surface area (Å²) in [7, 11) is 0. The molecule has 0 aliphatic carbocycles. The number of hydrogen-bond acceptors (Lipinski definition) is 3. The van der Waals surface area contributed by atoms with Crippen LogP contribution in [0.5, 0.6) is 0 Å². The van der Waals surface area contributed by atoms with Crippen molar-refractivity contribution in [3.63, 3.8) is 0 Å². The highest BCUT2D eigenvalue weighted by Crippen LogP contribution is 2.13. The van der Waals surface area contributed by atoms with Gasteiger partial charge in [0.15, 0.2) is 0 Å². The Morgan fingerprint density at radius 1 is 1.40 bits per heavy atom. The lowest BCUT2D eigenvalue weighted by Gasteiger charge is -2.16. The third-order valence-corrected chi connectivity index (χ3v) is 2.46. The van der Waals surface area contributed by atoms with Gasteiger partial charge >= 0.3 is 0 Å². The first-order chi connectivity index (χ1) is 7.04. The van der Waals surface area contributed by atoms with Crippen LogP contribution >= 0.6 is 0 Å². The summed E-state index contributed by atoms with van der Waals surface area (Å²) >= 11 is 0. The van der Waals surface area contributed by atoms with Crippen molar-refractivity contribution in [3.8, 4) is 0 Å². The van der Waals surface area contributed by atoms with Crippen LogP contribution in [0.2, 0.25) is 0 Å². The predicted octanol–water partition coefficient (Wildman–Crippen LogP) is 1.50. The highest BCUT2D eigenvalue weighted by atomic mass is 16.3. The van der Waals surface area contributed by atoms with E-state index in [0.717, 1.165) is 5.56 Å². The molecule has 1 aromatic rings. The molecule has 2 N–H and O–H groups in total. The second kappa shape index (κ2) is 5.28. The van der Waals surface area contributed by atoms with Gasteiger partial charge in [0, 0.05) is 29.9 Å². The Kier molecular flexibility index (Phi) is 4.29. The molecule has 0 spiro atoms. The van der Waals surface area contributed by atoms with Gasteiger partial charge in [-0.2, -0.15) is 5.10 Å². The predicted molar refractivity (Wildman–Crippen MR) is 60.7 cm³/mol. The Labute approximate surface area is 91.3 Å². The largest absolute Gasteiger partial charge is 0.395 e. The molecule has 1 heterocycles. The molecule has 0 amide bonds. The summed E-state index contributed by atoms with van der Waals surface area (Å²) in [5.74, 6) is 0. The summed E-state index contributed by atoms with van der Waals surface area (Å²) in [6, 6.07) is 0.725. The van der Waals surface area contributed by atoms with Gasteiger partial charge in [0.25, 0.3) is 0 Å². The molecule has 0 aliphatic heterocycles. The van der Waals surface area contributed by atoms with Gasteiger partial charge in [-0.05, 0) is 27.7 Å². The molecule has 0 saturated carbocycles. The maximum atomic E-state index is 8.94. The lowest BCUT2D eigenvalue weighted by molar-refractivity contribution is 0.243. The van der Waals surface area contributed by atoms with Crippen molar-refractivity contribution in [2.24, 2.45) is 0 Å². The molecular formula is C11H21N3O. The van der Waals surface area contributed by atoms with Gasteiger partial charge in [-0.3, -0.25) is 4.68 Å². The zero-order valence-corrected chi connectivity index (χ0v) is 9.94. The summed E-state index contributed by atoms with van der Waals surface area (Å²) < 4.78 is 1.94. The van der Waals surface area contributed by atoms with E-state index in [0.29, 0.717) is 6.04 Å². The summed E-state index contributed by atoms with van der Waals surface area (Å²) in [6.45, 7) is 8.40. The highest BCUT2D eigenvalue weighted by Gasteiger charge is 2.11. The molecule has 1 unspecified atom stereocenters. The van der Waals surface area contributed by atoms with E-state index in [9.17, 15) is 0 Å². The number of aliphatic hydroxyl groups excluding tert-OH is 1. The molecule has 0 fully saturated rings. The van der Waals surface area contributed by atoms with E-state index in [-0.39, 0.29) is 18.7 Å². The number of nitrogens with one attached hydrogen (secondary N) is 1. The summed E-state index contributed by atoms with van der Waals surface area (Å²) in [5, 5.41) is 16.5. The molecule has 0 saturated heterocycles. The minimum Gasteiger partial charge on any atom is -0.395 e. The number of hydrogen-bond donors (Lipinski definition) is 2. The monoisotopic (exact) mass is 211 g/mol. The van der Waals surface area contributed by atoms with Crippen LogP contribution in [-0.4, -0.2) is 27.5 Å². The fourth-order valence-electron chi connectivity index (χ4n) is 1.43. The maximum absolute atomic E-state index is 8.94. The Morgan fingerprint density at radius 3 is 2.53 bits per heavy atom. The third kappa shape index (κ3) is 3.32. The van der Waals surface area contributed by atoms with E-state index in [1.165, 1.54) is 0 Å². The van der Waals surface area contributed by atoms with E-state index in [2.05, 4.69) is 31.2 Å². The van der Waals surface area contributed by atoms with Gasteiger partial charge in [-0.1, -0.05) is 0 Å². The summed E-state index contributed by atoms with van der Waals surface area (Å²) in [5.41, 5.74) is 1.16. The Morgan fingerprint density at radius 2 is 2.07 bits per heavy atom. The molecule has 15 heavy (non-hydrogen) atoms. The first-order valence-electron chi connectivity index (χ1n) is 5.45. The summed E-state index contributed by atoms with van der Waals surface area (Å²) in [4.78, 5) is 0. The minimum atomic E-state index is 0.113. The normalized spacial score (nSPS) is 15.6. The first-order valence-corrected chi connectivity index (χ1v) is 5.45. The van der Waals surface area contributed by atoms with Crippen LogP contribution in [0.3, 0.4) is 0 Å². The third-order valence-electron chi connectivity index (χ3n) is 2.46. The van der Waals surface area contributed by atoms with Crippen molar-refractivity contribution in [2.45, 2.75) is 45.8 Å². The van der Waals surface area contributed by atoms with E-state index < -0.39 is 0 Å². The van der Waals surface area contributed by atoms with Crippen molar-refractivity contribution in [3.05, 3.63) is 18.0 Å². The second-order valence-electron chi connectivity index (χ2n) is 4.32. The number of rotatable bonds is 5. The molecule has 2 atom stereocenters.